The molecule has 0 fully saturated rings. The Morgan fingerprint density at radius 1 is 0.840 bits per heavy atom. The Labute approximate surface area is 148 Å². The fourth-order valence-electron chi connectivity index (χ4n) is 2.63. The van der Waals surface area contributed by atoms with Gasteiger partial charge < -0.3 is 15.4 Å². The van der Waals surface area contributed by atoms with Gasteiger partial charge in [0.05, 0.1) is 7.11 Å². The minimum absolute atomic E-state index is 0.555. The van der Waals surface area contributed by atoms with E-state index in [0.29, 0.717) is 5.95 Å². The lowest BCUT2D eigenvalue weighted by Crippen LogP contribution is -2.04. The van der Waals surface area contributed by atoms with E-state index < -0.39 is 0 Å². The van der Waals surface area contributed by atoms with Crippen LogP contribution in [0.5, 0.6) is 5.75 Å². The third-order valence-electron chi connectivity index (χ3n) is 3.93. The van der Waals surface area contributed by atoms with E-state index in [1.807, 2.05) is 37.3 Å². The number of anilines is 4. The van der Waals surface area contributed by atoms with Crippen LogP contribution in [0.15, 0.2) is 48.5 Å². The fourth-order valence-corrected chi connectivity index (χ4v) is 2.63. The Bertz CT molecular complexity index is 855. The predicted octanol–water partition coefficient (Wildman–Crippen LogP) is 4.90. The molecule has 2 aromatic carbocycles. The molecule has 1 heterocycles. The summed E-state index contributed by atoms with van der Waals surface area (Å²) < 4.78 is 5.18. The molecule has 5 heteroatoms. The van der Waals surface area contributed by atoms with Gasteiger partial charge in [0.2, 0.25) is 5.95 Å². The van der Waals surface area contributed by atoms with E-state index in [-0.39, 0.29) is 0 Å². The Hall–Kier alpha value is -3.08. The van der Waals surface area contributed by atoms with Crippen LogP contribution in [0.2, 0.25) is 0 Å². The van der Waals surface area contributed by atoms with Crippen molar-refractivity contribution in [3.63, 3.8) is 0 Å². The Kier molecular flexibility index (Phi) is 4.84. The second-order valence-corrected chi connectivity index (χ2v) is 5.96. The second-order valence-electron chi connectivity index (χ2n) is 5.96. The summed E-state index contributed by atoms with van der Waals surface area (Å²) >= 11 is 0. The number of para-hydroxylation sites is 1. The summed E-state index contributed by atoms with van der Waals surface area (Å²) in [6.45, 7) is 6.12. The van der Waals surface area contributed by atoms with Gasteiger partial charge in [0, 0.05) is 23.1 Å². The van der Waals surface area contributed by atoms with Crippen molar-refractivity contribution >= 4 is 23.1 Å². The van der Waals surface area contributed by atoms with Gasteiger partial charge in [-0.3, -0.25) is 0 Å². The highest BCUT2D eigenvalue weighted by molar-refractivity contribution is 5.66. The lowest BCUT2D eigenvalue weighted by Gasteiger charge is -2.14. The van der Waals surface area contributed by atoms with E-state index in [2.05, 4.69) is 52.6 Å². The monoisotopic (exact) mass is 334 g/mol. The van der Waals surface area contributed by atoms with Crippen LogP contribution in [-0.4, -0.2) is 17.1 Å². The topological polar surface area (TPSA) is 59.1 Å². The first-order valence-electron chi connectivity index (χ1n) is 8.15. The SMILES string of the molecule is COc1ccc(Nc2nc(C)cc(Nc3c(C)cccc3C)n2)cc1. The number of ether oxygens (including phenoxy) is 1. The van der Waals surface area contributed by atoms with Crippen LogP contribution in [0.3, 0.4) is 0 Å². The molecular formula is C20H22N4O. The van der Waals surface area contributed by atoms with Gasteiger partial charge in [0.1, 0.15) is 11.6 Å². The van der Waals surface area contributed by atoms with Crippen molar-refractivity contribution in [3.05, 3.63) is 65.4 Å². The summed E-state index contributed by atoms with van der Waals surface area (Å²) in [5.41, 5.74) is 5.24. The fraction of sp³-hybridized carbons (Fsp3) is 0.200. The molecule has 25 heavy (non-hydrogen) atoms. The molecule has 3 rings (SSSR count). The average Bonchev–Trinajstić information content (AvgIpc) is 2.58. The van der Waals surface area contributed by atoms with Gasteiger partial charge in [-0.25, -0.2) is 4.98 Å². The summed E-state index contributed by atoms with van der Waals surface area (Å²) in [6, 6.07) is 15.8. The van der Waals surface area contributed by atoms with Gasteiger partial charge in [-0.2, -0.15) is 4.98 Å². The Morgan fingerprint density at radius 3 is 2.16 bits per heavy atom. The molecule has 0 spiro atoms. The quantitative estimate of drug-likeness (QED) is 0.695. The summed E-state index contributed by atoms with van der Waals surface area (Å²) in [7, 11) is 1.65. The summed E-state index contributed by atoms with van der Waals surface area (Å²) in [5.74, 6) is 2.13. The van der Waals surface area contributed by atoms with Crippen LogP contribution in [0, 0.1) is 20.8 Å². The van der Waals surface area contributed by atoms with Crippen LogP contribution < -0.4 is 15.4 Å². The zero-order valence-corrected chi connectivity index (χ0v) is 14.9. The van der Waals surface area contributed by atoms with E-state index >= 15 is 0 Å². The number of rotatable bonds is 5. The third-order valence-corrected chi connectivity index (χ3v) is 3.93. The van der Waals surface area contributed by atoms with Gasteiger partial charge in [-0.1, -0.05) is 18.2 Å². The standard InChI is InChI=1S/C20H22N4O/c1-13-6-5-7-14(2)19(13)23-18-12-15(3)21-20(24-18)22-16-8-10-17(25-4)11-9-16/h5-12H,1-4H3,(H2,21,22,23,24). The average molecular weight is 334 g/mol. The number of aryl methyl sites for hydroxylation is 3. The molecule has 0 bridgehead atoms. The molecule has 0 unspecified atom stereocenters. The van der Waals surface area contributed by atoms with Gasteiger partial charge in [-0.15, -0.1) is 0 Å². The van der Waals surface area contributed by atoms with Gasteiger partial charge in [0.25, 0.3) is 0 Å². The minimum Gasteiger partial charge on any atom is -0.497 e. The number of hydrogen-bond acceptors (Lipinski definition) is 5. The lowest BCUT2D eigenvalue weighted by atomic mass is 10.1. The molecule has 0 saturated carbocycles. The van der Waals surface area contributed by atoms with Crippen LogP contribution >= 0.6 is 0 Å². The second kappa shape index (κ2) is 7.21. The molecule has 0 aliphatic heterocycles. The maximum Gasteiger partial charge on any atom is 0.229 e. The van der Waals surface area contributed by atoms with E-state index in [1.54, 1.807) is 7.11 Å². The van der Waals surface area contributed by atoms with Crippen molar-refractivity contribution in [2.75, 3.05) is 17.7 Å². The maximum atomic E-state index is 5.18. The number of aromatic nitrogens is 2. The van der Waals surface area contributed by atoms with E-state index in [0.717, 1.165) is 28.6 Å². The van der Waals surface area contributed by atoms with Crippen molar-refractivity contribution in [3.8, 4) is 5.75 Å². The Morgan fingerprint density at radius 2 is 1.52 bits per heavy atom. The number of hydrogen-bond donors (Lipinski definition) is 2. The minimum atomic E-state index is 0.555. The summed E-state index contributed by atoms with van der Waals surface area (Å²) in [5, 5.41) is 6.65. The van der Waals surface area contributed by atoms with Crippen molar-refractivity contribution in [1.82, 2.24) is 9.97 Å². The van der Waals surface area contributed by atoms with Crippen molar-refractivity contribution in [1.29, 1.82) is 0 Å². The van der Waals surface area contributed by atoms with Gasteiger partial charge in [0.15, 0.2) is 0 Å². The van der Waals surface area contributed by atoms with Crippen molar-refractivity contribution in [2.45, 2.75) is 20.8 Å². The normalized spacial score (nSPS) is 10.4. The first-order valence-corrected chi connectivity index (χ1v) is 8.15. The highest BCUT2D eigenvalue weighted by atomic mass is 16.5. The number of nitrogens with zero attached hydrogens (tertiary/aromatic N) is 2. The summed E-state index contributed by atoms with van der Waals surface area (Å²) in [4.78, 5) is 9.05. The zero-order valence-electron chi connectivity index (χ0n) is 14.9. The first kappa shape index (κ1) is 16.8. The van der Waals surface area contributed by atoms with Crippen molar-refractivity contribution < 1.29 is 4.74 Å². The molecule has 5 nitrogen and oxygen atoms in total. The van der Waals surface area contributed by atoms with Crippen LogP contribution in [-0.2, 0) is 0 Å². The summed E-state index contributed by atoms with van der Waals surface area (Å²) in [6.07, 6.45) is 0. The Balaban J connectivity index is 1.85. The maximum absolute atomic E-state index is 5.18. The largest absolute Gasteiger partial charge is 0.497 e. The molecule has 0 saturated heterocycles. The smallest absolute Gasteiger partial charge is 0.229 e. The lowest BCUT2D eigenvalue weighted by molar-refractivity contribution is 0.415. The molecule has 0 radical (unpaired) electrons. The van der Waals surface area contributed by atoms with Crippen LogP contribution in [0.1, 0.15) is 16.8 Å². The number of methoxy groups -OCH3 is 1. The van der Waals surface area contributed by atoms with Crippen LogP contribution in [0.4, 0.5) is 23.1 Å². The first-order chi connectivity index (χ1) is 12.0. The molecule has 3 aromatic rings. The van der Waals surface area contributed by atoms with Gasteiger partial charge in [-0.05, 0) is 56.2 Å². The van der Waals surface area contributed by atoms with E-state index in [4.69, 9.17) is 4.74 Å². The molecule has 2 N–H and O–H groups in total. The predicted molar refractivity (Wildman–Crippen MR) is 102 cm³/mol. The third kappa shape index (κ3) is 4.07. The number of nitrogens with one attached hydrogen (secondary N) is 2. The molecule has 0 aliphatic rings. The molecular weight excluding hydrogens is 312 g/mol. The molecule has 0 aliphatic carbocycles. The van der Waals surface area contributed by atoms with Gasteiger partial charge >= 0.3 is 0 Å². The molecule has 128 valence electrons. The zero-order chi connectivity index (χ0) is 17.8. The van der Waals surface area contributed by atoms with Crippen LogP contribution in [0.25, 0.3) is 0 Å². The van der Waals surface area contributed by atoms with E-state index in [1.165, 1.54) is 11.1 Å². The number of benzene rings is 2. The molecule has 0 atom stereocenters. The molecule has 0 amide bonds. The molecule has 1 aromatic heterocycles. The van der Waals surface area contributed by atoms with Crippen molar-refractivity contribution in [2.24, 2.45) is 0 Å². The highest BCUT2D eigenvalue weighted by Gasteiger charge is 2.07. The highest BCUT2D eigenvalue weighted by Crippen LogP contribution is 2.25. The van der Waals surface area contributed by atoms with E-state index in [9.17, 15) is 0 Å².